The van der Waals surface area contributed by atoms with Gasteiger partial charge >= 0.3 is 0 Å². The number of nitrogens with zero attached hydrogens (tertiary/aromatic N) is 1. The van der Waals surface area contributed by atoms with Gasteiger partial charge in [0.05, 0.1) is 11.8 Å². The zero-order chi connectivity index (χ0) is 14.0. The van der Waals surface area contributed by atoms with Gasteiger partial charge in [-0.25, -0.2) is 4.39 Å². The van der Waals surface area contributed by atoms with E-state index in [0.29, 0.717) is 12.2 Å². The molecular weight excluding hydrogens is 259 g/mol. The Labute approximate surface area is 118 Å². The van der Waals surface area contributed by atoms with Crippen LogP contribution in [0.4, 0.5) is 4.39 Å². The van der Waals surface area contributed by atoms with E-state index in [1.54, 1.807) is 12.3 Å². The number of rotatable bonds is 2. The molecule has 110 valence electrons. The molecule has 20 heavy (non-hydrogen) atoms. The molecule has 0 bridgehead atoms. The summed E-state index contributed by atoms with van der Waals surface area (Å²) in [5, 5.41) is 0. The van der Waals surface area contributed by atoms with E-state index in [2.05, 4.69) is 4.98 Å². The zero-order valence-corrected chi connectivity index (χ0v) is 11.6. The van der Waals surface area contributed by atoms with E-state index in [0.717, 1.165) is 38.9 Å². The second-order valence-corrected chi connectivity index (χ2v) is 5.82. The maximum absolute atomic E-state index is 13.8. The smallest absolute Gasteiger partial charge is 0.146 e. The highest BCUT2D eigenvalue weighted by Gasteiger charge is 2.41. The number of hydrogen-bond acceptors (Lipinski definition) is 4. The second-order valence-electron chi connectivity index (χ2n) is 5.82. The monoisotopic (exact) mass is 280 g/mol. The highest BCUT2D eigenvalue weighted by Crippen LogP contribution is 2.41. The first-order valence-corrected chi connectivity index (χ1v) is 7.27. The van der Waals surface area contributed by atoms with Crippen LogP contribution in [-0.4, -0.2) is 30.4 Å². The number of hydrogen-bond donors (Lipinski definition) is 1. The Hall–Kier alpha value is -1.04. The maximum Gasteiger partial charge on any atom is 0.146 e. The minimum atomic E-state index is -0.312. The van der Waals surface area contributed by atoms with Crippen molar-refractivity contribution in [2.45, 2.75) is 37.3 Å². The van der Waals surface area contributed by atoms with Crippen molar-refractivity contribution in [3.05, 3.63) is 29.8 Å². The molecule has 0 aliphatic carbocycles. The van der Waals surface area contributed by atoms with Crippen LogP contribution in [0.3, 0.4) is 0 Å². The summed E-state index contributed by atoms with van der Waals surface area (Å²) in [5.41, 5.74) is 6.76. The third-order valence-electron chi connectivity index (χ3n) is 4.61. The molecule has 0 amide bonds. The Morgan fingerprint density at radius 3 is 2.90 bits per heavy atom. The summed E-state index contributed by atoms with van der Waals surface area (Å²) >= 11 is 0. The summed E-state index contributed by atoms with van der Waals surface area (Å²) < 4.78 is 25.3. The van der Waals surface area contributed by atoms with Crippen LogP contribution in [0.5, 0.6) is 0 Å². The van der Waals surface area contributed by atoms with Crippen molar-refractivity contribution >= 4 is 0 Å². The van der Waals surface area contributed by atoms with Crippen LogP contribution in [0.25, 0.3) is 0 Å². The molecule has 0 aromatic carbocycles. The lowest BCUT2D eigenvalue weighted by Gasteiger charge is -2.44. The van der Waals surface area contributed by atoms with Gasteiger partial charge in [-0.1, -0.05) is 0 Å². The first-order valence-electron chi connectivity index (χ1n) is 7.27. The number of pyridine rings is 1. The summed E-state index contributed by atoms with van der Waals surface area (Å²) in [4.78, 5) is 3.78. The molecule has 5 heteroatoms. The molecule has 1 aromatic rings. The van der Waals surface area contributed by atoms with Crippen molar-refractivity contribution in [1.82, 2.24) is 4.98 Å². The third-order valence-corrected chi connectivity index (χ3v) is 4.61. The summed E-state index contributed by atoms with van der Waals surface area (Å²) in [5.74, 6) is -0.0636. The Morgan fingerprint density at radius 2 is 2.15 bits per heavy atom. The second kappa shape index (κ2) is 5.76. The number of aromatic nitrogens is 1. The zero-order valence-electron chi connectivity index (χ0n) is 11.6. The van der Waals surface area contributed by atoms with Crippen LogP contribution in [-0.2, 0) is 9.47 Å². The summed E-state index contributed by atoms with van der Waals surface area (Å²) in [6, 6.07) is 1.40. The van der Waals surface area contributed by atoms with Crippen molar-refractivity contribution in [2.24, 2.45) is 11.7 Å². The lowest BCUT2D eigenvalue weighted by atomic mass is 9.76. The van der Waals surface area contributed by atoms with E-state index in [1.807, 2.05) is 0 Å². The molecular formula is C15H21FN2O2. The number of halogens is 1. The molecule has 2 atom stereocenters. The molecule has 2 N–H and O–H groups in total. The van der Waals surface area contributed by atoms with E-state index in [-0.39, 0.29) is 23.4 Å². The van der Waals surface area contributed by atoms with Gasteiger partial charge in [-0.2, -0.15) is 0 Å². The van der Waals surface area contributed by atoms with Crippen molar-refractivity contribution in [3.63, 3.8) is 0 Å². The fourth-order valence-electron chi connectivity index (χ4n) is 3.37. The number of ether oxygens (including phenoxy) is 2. The molecule has 2 fully saturated rings. The predicted octanol–water partition coefficient (Wildman–Crippen LogP) is 2.20. The summed E-state index contributed by atoms with van der Waals surface area (Å²) in [7, 11) is 0. The van der Waals surface area contributed by atoms with Gasteiger partial charge in [0.2, 0.25) is 0 Å². The Bertz CT molecular complexity index is 457. The van der Waals surface area contributed by atoms with Gasteiger partial charge in [-0.15, -0.1) is 0 Å². The molecule has 2 unspecified atom stereocenters. The highest BCUT2D eigenvalue weighted by atomic mass is 19.1. The minimum absolute atomic E-state index is 0.109. The van der Waals surface area contributed by atoms with Gasteiger partial charge in [0, 0.05) is 37.6 Å². The van der Waals surface area contributed by atoms with Gasteiger partial charge < -0.3 is 15.2 Å². The standard InChI is InChI=1S/C15H21FN2O2/c16-13-10-18-5-1-12(13)14(17)11-2-6-20-15(9-11)3-7-19-8-4-15/h1,5,10-11,14H,2-4,6-9,17H2. The normalized spacial score (nSPS) is 27.4. The molecule has 2 aliphatic heterocycles. The van der Waals surface area contributed by atoms with Gasteiger partial charge in [0.1, 0.15) is 5.82 Å². The van der Waals surface area contributed by atoms with Crippen molar-refractivity contribution < 1.29 is 13.9 Å². The maximum atomic E-state index is 13.8. The lowest BCUT2D eigenvalue weighted by Crippen LogP contribution is -2.46. The lowest BCUT2D eigenvalue weighted by molar-refractivity contribution is -0.149. The molecule has 2 aliphatic rings. The first kappa shape index (κ1) is 13.9. The number of nitrogens with two attached hydrogens (primary N) is 1. The average molecular weight is 280 g/mol. The summed E-state index contributed by atoms with van der Waals surface area (Å²) in [6.07, 6.45) is 6.43. The molecule has 0 saturated carbocycles. The summed E-state index contributed by atoms with van der Waals surface area (Å²) in [6.45, 7) is 2.18. The van der Waals surface area contributed by atoms with Crippen LogP contribution in [0.2, 0.25) is 0 Å². The minimum Gasteiger partial charge on any atom is -0.381 e. The molecule has 3 heterocycles. The topological polar surface area (TPSA) is 57.4 Å². The van der Waals surface area contributed by atoms with Crippen LogP contribution in [0, 0.1) is 11.7 Å². The van der Waals surface area contributed by atoms with E-state index in [1.165, 1.54) is 6.20 Å². The van der Waals surface area contributed by atoms with Crippen LogP contribution in [0.15, 0.2) is 18.5 Å². The molecule has 3 rings (SSSR count). The van der Waals surface area contributed by atoms with E-state index in [9.17, 15) is 4.39 Å². The molecule has 2 saturated heterocycles. The Balaban J connectivity index is 1.75. The Kier molecular flexibility index (Phi) is 4.01. The first-order chi connectivity index (χ1) is 9.70. The SMILES string of the molecule is NC(c1ccncc1F)C1CCOC2(CCOCC2)C1. The van der Waals surface area contributed by atoms with Crippen molar-refractivity contribution in [1.29, 1.82) is 0 Å². The quantitative estimate of drug-likeness (QED) is 0.902. The van der Waals surface area contributed by atoms with Crippen LogP contribution >= 0.6 is 0 Å². The van der Waals surface area contributed by atoms with Crippen LogP contribution in [0.1, 0.15) is 37.3 Å². The van der Waals surface area contributed by atoms with E-state index >= 15 is 0 Å². The molecule has 1 aromatic heterocycles. The highest BCUT2D eigenvalue weighted by molar-refractivity contribution is 5.18. The molecule has 0 radical (unpaired) electrons. The fraction of sp³-hybridized carbons (Fsp3) is 0.667. The van der Waals surface area contributed by atoms with Crippen LogP contribution < -0.4 is 5.73 Å². The van der Waals surface area contributed by atoms with Gasteiger partial charge in [0.15, 0.2) is 0 Å². The van der Waals surface area contributed by atoms with Crippen molar-refractivity contribution in [3.8, 4) is 0 Å². The van der Waals surface area contributed by atoms with Gasteiger partial charge in [-0.05, 0) is 37.7 Å². The van der Waals surface area contributed by atoms with Gasteiger partial charge in [-0.3, -0.25) is 4.98 Å². The third kappa shape index (κ3) is 2.71. The van der Waals surface area contributed by atoms with E-state index < -0.39 is 0 Å². The average Bonchev–Trinajstić information content (AvgIpc) is 2.48. The molecule has 1 spiro atoms. The van der Waals surface area contributed by atoms with E-state index in [4.69, 9.17) is 15.2 Å². The largest absolute Gasteiger partial charge is 0.381 e. The Morgan fingerprint density at radius 1 is 1.35 bits per heavy atom. The predicted molar refractivity (Wildman–Crippen MR) is 72.6 cm³/mol. The molecule has 4 nitrogen and oxygen atoms in total. The van der Waals surface area contributed by atoms with Crippen molar-refractivity contribution in [2.75, 3.05) is 19.8 Å². The fourth-order valence-corrected chi connectivity index (χ4v) is 3.37. The van der Waals surface area contributed by atoms with Gasteiger partial charge in [0.25, 0.3) is 0 Å².